The number of nitrogens with zero attached hydrogens (tertiary/aromatic N) is 4. The van der Waals surface area contributed by atoms with Gasteiger partial charge in [0.05, 0.1) is 39.4 Å². The van der Waals surface area contributed by atoms with Crippen LogP contribution in [0.15, 0.2) is 47.0 Å². The number of para-hydroxylation sites is 2. The van der Waals surface area contributed by atoms with Crippen LogP contribution in [0.2, 0.25) is 0 Å². The molecule has 8 nitrogen and oxygen atoms in total. The number of amides is 2. The molecule has 33 heavy (non-hydrogen) atoms. The zero-order valence-electron chi connectivity index (χ0n) is 18.7. The van der Waals surface area contributed by atoms with E-state index in [1.54, 1.807) is 49.4 Å². The summed E-state index contributed by atoms with van der Waals surface area (Å²) in [6.07, 6.45) is -0.806. The Morgan fingerprint density at radius 3 is 2.67 bits per heavy atom. The Hall–Kier alpha value is -3.72. The Labute approximate surface area is 194 Å². The molecule has 9 heteroatoms. The van der Waals surface area contributed by atoms with Gasteiger partial charge in [0, 0.05) is 19.0 Å². The summed E-state index contributed by atoms with van der Waals surface area (Å²) in [5.41, 5.74) is 2.56. The highest BCUT2D eigenvalue weighted by Crippen LogP contribution is 2.37. The number of thiophene rings is 1. The molecule has 3 aromatic heterocycles. The van der Waals surface area contributed by atoms with E-state index < -0.39 is 6.10 Å². The summed E-state index contributed by atoms with van der Waals surface area (Å²) in [7, 11) is 3.33. The Kier molecular flexibility index (Phi) is 5.13. The van der Waals surface area contributed by atoms with Crippen molar-refractivity contribution in [2.45, 2.75) is 20.0 Å². The second-order valence-corrected chi connectivity index (χ2v) is 9.42. The normalized spacial score (nSPS) is 15.3. The van der Waals surface area contributed by atoms with Crippen molar-refractivity contribution < 1.29 is 18.8 Å². The number of hydrogen-bond acceptors (Lipinski definition) is 7. The molecule has 1 aromatic carbocycles. The minimum atomic E-state index is -0.806. The van der Waals surface area contributed by atoms with Crippen molar-refractivity contribution in [3.63, 3.8) is 0 Å². The second-order valence-electron chi connectivity index (χ2n) is 8.14. The molecule has 0 fully saturated rings. The van der Waals surface area contributed by atoms with Gasteiger partial charge in [-0.3, -0.25) is 9.59 Å². The number of pyridine rings is 1. The van der Waals surface area contributed by atoms with Crippen LogP contribution in [0.25, 0.3) is 21.7 Å². The van der Waals surface area contributed by atoms with Crippen LogP contribution in [0.1, 0.15) is 20.9 Å². The van der Waals surface area contributed by atoms with Crippen LogP contribution in [0.3, 0.4) is 0 Å². The van der Waals surface area contributed by atoms with E-state index in [1.165, 1.54) is 4.90 Å². The topological polar surface area (TPSA) is 88.8 Å². The summed E-state index contributed by atoms with van der Waals surface area (Å²) in [5.74, 6) is 0.00682. The first-order chi connectivity index (χ1) is 15.8. The first-order valence-corrected chi connectivity index (χ1v) is 11.3. The van der Waals surface area contributed by atoms with Crippen LogP contribution < -0.4 is 9.64 Å². The molecule has 0 unspecified atom stereocenters. The molecule has 2 amide bonds. The average molecular weight is 463 g/mol. The molecule has 0 saturated carbocycles. The largest absolute Gasteiger partial charge is 0.476 e. The number of fused-ring (bicyclic) bond motifs is 2. The predicted molar refractivity (Wildman–Crippen MR) is 126 cm³/mol. The van der Waals surface area contributed by atoms with Crippen molar-refractivity contribution in [1.82, 2.24) is 15.0 Å². The zero-order valence-corrected chi connectivity index (χ0v) is 19.5. The summed E-state index contributed by atoms with van der Waals surface area (Å²) < 4.78 is 11.4. The Morgan fingerprint density at radius 2 is 1.94 bits per heavy atom. The summed E-state index contributed by atoms with van der Waals surface area (Å²) >= 11 is 1.59. The molecule has 0 N–H and O–H groups in total. The summed E-state index contributed by atoms with van der Waals surface area (Å²) in [4.78, 5) is 36.4. The minimum absolute atomic E-state index is 0.0917. The van der Waals surface area contributed by atoms with Crippen LogP contribution in [0.5, 0.6) is 5.75 Å². The van der Waals surface area contributed by atoms with Gasteiger partial charge in [-0.05, 0) is 44.2 Å². The Balaban J connectivity index is 1.64. The number of likely N-dealkylation sites (N-methyl/N-ethyl adjacent to an activating group) is 1. The number of anilines is 1. The number of aryl methyl sites for hydroxylation is 2. The lowest BCUT2D eigenvalue weighted by molar-refractivity contribution is -0.135. The second kappa shape index (κ2) is 8.00. The quantitative estimate of drug-likeness (QED) is 0.456. The standard InChI is InChI=1S/C24H22N4O4S/c1-13-9-10-20(33-13)16-11-15(21-14(2)26-32-22(21)25-16)23(29)28-12-19(24(30)27(3)4)31-18-8-6-5-7-17(18)28/h5-11,19H,12H2,1-4H3/t19-/m1/s1. The summed E-state index contributed by atoms with van der Waals surface area (Å²) in [6.45, 7) is 3.89. The van der Waals surface area contributed by atoms with E-state index in [2.05, 4.69) is 10.1 Å². The third kappa shape index (κ3) is 3.64. The fraction of sp³-hybridized carbons (Fsp3) is 0.250. The molecule has 0 bridgehead atoms. The average Bonchev–Trinajstić information content (AvgIpc) is 3.42. The van der Waals surface area contributed by atoms with Crippen molar-refractivity contribution in [1.29, 1.82) is 0 Å². The molecule has 1 atom stereocenters. The van der Waals surface area contributed by atoms with Crippen molar-refractivity contribution in [2.75, 3.05) is 25.5 Å². The smallest absolute Gasteiger partial charge is 0.265 e. The van der Waals surface area contributed by atoms with Crippen LogP contribution in [-0.4, -0.2) is 53.6 Å². The highest BCUT2D eigenvalue weighted by molar-refractivity contribution is 7.15. The summed E-state index contributed by atoms with van der Waals surface area (Å²) in [6, 6.07) is 13.0. The number of carbonyl (C=O) groups excluding carboxylic acids is 2. The molecule has 0 aliphatic carbocycles. The molecule has 168 valence electrons. The maximum absolute atomic E-state index is 14.0. The van der Waals surface area contributed by atoms with Crippen LogP contribution in [0.4, 0.5) is 5.69 Å². The van der Waals surface area contributed by atoms with E-state index >= 15 is 0 Å². The van der Waals surface area contributed by atoms with Crippen molar-refractivity contribution >= 4 is 39.9 Å². The van der Waals surface area contributed by atoms with E-state index in [-0.39, 0.29) is 18.4 Å². The third-order valence-electron chi connectivity index (χ3n) is 5.58. The minimum Gasteiger partial charge on any atom is -0.476 e. The third-order valence-corrected chi connectivity index (χ3v) is 6.60. The van der Waals surface area contributed by atoms with Gasteiger partial charge in [-0.2, -0.15) is 0 Å². The van der Waals surface area contributed by atoms with Gasteiger partial charge in [-0.25, -0.2) is 4.98 Å². The number of ether oxygens (including phenoxy) is 1. The van der Waals surface area contributed by atoms with Gasteiger partial charge in [-0.1, -0.05) is 17.3 Å². The van der Waals surface area contributed by atoms with E-state index in [4.69, 9.17) is 9.26 Å². The number of hydrogen-bond donors (Lipinski definition) is 0. The number of benzene rings is 1. The lowest BCUT2D eigenvalue weighted by atomic mass is 10.1. The zero-order chi connectivity index (χ0) is 23.3. The van der Waals surface area contributed by atoms with Crippen LogP contribution >= 0.6 is 11.3 Å². The first-order valence-electron chi connectivity index (χ1n) is 10.5. The maximum atomic E-state index is 14.0. The monoisotopic (exact) mass is 462 g/mol. The van der Waals surface area contributed by atoms with Gasteiger partial charge in [0.25, 0.3) is 17.5 Å². The lowest BCUT2D eigenvalue weighted by Crippen LogP contribution is -2.50. The van der Waals surface area contributed by atoms with Gasteiger partial charge in [-0.15, -0.1) is 11.3 Å². The number of carbonyl (C=O) groups is 2. The SMILES string of the molecule is Cc1ccc(-c2cc(C(=O)N3C[C@H](C(=O)N(C)C)Oc4ccccc43)c3c(C)noc3n2)s1. The van der Waals surface area contributed by atoms with Gasteiger partial charge in [0.1, 0.15) is 5.75 Å². The van der Waals surface area contributed by atoms with Crippen LogP contribution in [-0.2, 0) is 4.79 Å². The molecule has 4 heterocycles. The Morgan fingerprint density at radius 1 is 1.15 bits per heavy atom. The molecule has 0 spiro atoms. The molecule has 0 saturated heterocycles. The number of rotatable bonds is 3. The molecular formula is C24H22N4O4S. The fourth-order valence-corrected chi connectivity index (χ4v) is 4.78. The van der Waals surface area contributed by atoms with Gasteiger partial charge >= 0.3 is 0 Å². The predicted octanol–water partition coefficient (Wildman–Crippen LogP) is 4.06. The van der Waals surface area contributed by atoms with Crippen molar-refractivity contribution in [3.8, 4) is 16.3 Å². The molecular weight excluding hydrogens is 440 g/mol. The molecule has 0 radical (unpaired) electrons. The highest BCUT2D eigenvalue weighted by atomic mass is 32.1. The van der Waals surface area contributed by atoms with Gasteiger partial charge < -0.3 is 19.1 Å². The Bertz CT molecular complexity index is 1390. The van der Waals surface area contributed by atoms with Crippen molar-refractivity contribution in [3.05, 3.63) is 58.6 Å². The summed E-state index contributed by atoms with van der Waals surface area (Å²) in [5, 5.41) is 4.61. The van der Waals surface area contributed by atoms with Gasteiger partial charge in [0.15, 0.2) is 6.10 Å². The van der Waals surface area contributed by atoms with E-state index in [1.807, 2.05) is 37.3 Å². The molecule has 1 aliphatic heterocycles. The molecule has 1 aliphatic rings. The van der Waals surface area contributed by atoms with Gasteiger partial charge in [0.2, 0.25) is 0 Å². The van der Waals surface area contributed by atoms with E-state index in [0.717, 1.165) is 9.75 Å². The molecule has 4 aromatic rings. The number of aromatic nitrogens is 2. The first kappa shape index (κ1) is 21.1. The fourth-order valence-electron chi connectivity index (χ4n) is 3.95. The van der Waals surface area contributed by atoms with E-state index in [9.17, 15) is 9.59 Å². The maximum Gasteiger partial charge on any atom is 0.265 e. The lowest BCUT2D eigenvalue weighted by Gasteiger charge is -2.35. The van der Waals surface area contributed by atoms with Crippen molar-refractivity contribution in [2.24, 2.45) is 0 Å². The van der Waals surface area contributed by atoms with Crippen LogP contribution in [0, 0.1) is 13.8 Å². The highest BCUT2D eigenvalue weighted by Gasteiger charge is 2.36. The molecule has 5 rings (SSSR count). The van der Waals surface area contributed by atoms with E-state index in [0.29, 0.717) is 39.5 Å².